The van der Waals surface area contributed by atoms with Crippen LogP contribution in [0.2, 0.25) is 6.32 Å². The highest BCUT2D eigenvalue weighted by atomic mass is 16.2. The molecular formula is C24H36BN7O2. The van der Waals surface area contributed by atoms with E-state index in [1.165, 1.54) is 6.92 Å². The number of nitrogens with one attached hydrogen (secondary N) is 5. The van der Waals surface area contributed by atoms with Gasteiger partial charge in [-0.15, -0.1) is 10.2 Å². The first-order valence-corrected chi connectivity index (χ1v) is 11.6. The van der Waals surface area contributed by atoms with E-state index in [1.54, 1.807) is 24.3 Å². The lowest BCUT2D eigenvalue weighted by molar-refractivity contribution is -0.128. The number of hydrogen-bond acceptors (Lipinski definition) is 5. The van der Waals surface area contributed by atoms with E-state index in [2.05, 4.69) is 39.7 Å². The number of nitrogens with zero attached hydrogens (tertiary/aromatic N) is 2. The third-order valence-corrected chi connectivity index (χ3v) is 4.87. The van der Waals surface area contributed by atoms with Gasteiger partial charge in [-0.2, -0.15) is 0 Å². The van der Waals surface area contributed by atoms with Crippen LogP contribution in [-0.2, 0) is 16.0 Å². The zero-order valence-corrected chi connectivity index (χ0v) is 20.2. The molecule has 0 spiro atoms. The van der Waals surface area contributed by atoms with Gasteiger partial charge in [-0.3, -0.25) is 20.4 Å². The van der Waals surface area contributed by atoms with Gasteiger partial charge in [0.2, 0.25) is 11.8 Å². The number of rotatable bonds is 15. The van der Waals surface area contributed by atoms with E-state index in [1.807, 2.05) is 0 Å². The molecule has 0 bridgehead atoms. The van der Waals surface area contributed by atoms with Crippen molar-refractivity contribution < 1.29 is 9.59 Å². The Balaban J connectivity index is 2.66. The van der Waals surface area contributed by atoms with Crippen LogP contribution < -0.4 is 16.0 Å². The second-order valence-electron chi connectivity index (χ2n) is 8.01. The van der Waals surface area contributed by atoms with Crippen molar-refractivity contribution in [1.82, 2.24) is 16.0 Å². The lowest BCUT2D eigenvalue weighted by atomic mass is 9.97. The molecule has 1 unspecified atom stereocenters. The molecular weight excluding hydrogens is 429 g/mol. The van der Waals surface area contributed by atoms with E-state index in [-0.39, 0.29) is 29.9 Å². The number of amides is 2. The number of carbonyl (C=O) groups is 2. The maximum absolute atomic E-state index is 12.7. The summed E-state index contributed by atoms with van der Waals surface area (Å²) in [6.45, 7) is 8.61. The summed E-state index contributed by atoms with van der Waals surface area (Å²) in [5.41, 5.74) is 2.00. The molecule has 0 fully saturated rings. The number of amidine groups is 2. The van der Waals surface area contributed by atoms with Crippen molar-refractivity contribution in [3.8, 4) is 0 Å². The van der Waals surface area contributed by atoms with Gasteiger partial charge in [-0.1, -0.05) is 63.4 Å². The molecule has 0 aromatic heterocycles. The van der Waals surface area contributed by atoms with Crippen molar-refractivity contribution in [2.75, 3.05) is 13.1 Å². The second-order valence-corrected chi connectivity index (χ2v) is 8.01. The minimum absolute atomic E-state index is 0.0140. The first kappa shape index (κ1) is 28.7. The van der Waals surface area contributed by atoms with Gasteiger partial charge in [0.05, 0.1) is 20.8 Å². The standard InChI is InChI=1S/C24H36BN7O2/c1-4-5-14-28-17(2)16-29-24(34)21(8-6-7-13-25)30-22(33)15-19-9-11-20(12-10-19)23(27)32-31-18(3)26/h9-12,21,26-28H,2,4-8,13-16H2,1,3H3,(H,29,34)(H,30,33). The molecule has 0 aliphatic rings. The van der Waals surface area contributed by atoms with Gasteiger partial charge in [0.15, 0.2) is 5.84 Å². The molecule has 1 aromatic carbocycles. The Kier molecular flexibility index (Phi) is 13.8. The summed E-state index contributed by atoms with van der Waals surface area (Å²) in [4.78, 5) is 25.3. The maximum atomic E-state index is 12.7. The Hall–Kier alpha value is -3.30. The molecule has 1 rings (SSSR count). The van der Waals surface area contributed by atoms with Crippen LogP contribution in [0.3, 0.4) is 0 Å². The lowest BCUT2D eigenvalue weighted by Crippen LogP contribution is -2.48. The molecule has 10 heteroatoms. The molecule has 34 heavy (non-hydrogen) atoms. The van der Waals surface area contributed by atoms with Gasteiger partial charge in [0.25, 0.3) is 0 Å². The number of azo groups is 1. The second kappa shape index (κ2) is 16.3. The van der Waals surface area contributed by atoms with Crippen molar-refractivity contribution >= 4 is 31.3 Å². The van der Waals surface area contributed by atoms with Crippen LogP contribution in [0, 0.1) is 10.8 Å². The first-order valence-electron chi connectivity index (χ1n) is 11.6. The van der Waals surface area contributed by atoms with Crippen LogP contribution in [0.15, 0.2) is 46.8 Å². The van der Waals surface area contributed by atoms with Crippen LogP contribution in [-0.4, -0.2) is 50.5 Å². The van der Waals surface area contributed by atoms with E-state index in [4.69, 9.17) is 18.7 Å². The molecule has 1 aromatic rings. The quantitative estimate of drug-likeness (QED) is 0.0892. The highest BCUT2D eigenvalue weighted by Crippen LogP contribution is 2.09. The molecule has 9 nitrogen and oxygen atoms in total. The summed E-state index contributed by atoms with van der Waals surface area (Å²) in [6, 6.07) is 6.15. The zero-order valence-electron chi connectivity index (χ0n) is 20.2. The summed E-state index contributed by atoms with van der Waals surface area (Å²) < 4.78 is 0. The summed E-state index contributed by atoms with van der Waals surface area (Å²) in [7, 11) is 5.57. The Morgan fingerprint density at radius 3 is 2.41 bits per heavy atom. The molecule has 0 aliphatic carbocycles. The number of unbranched alkanes of at least 4 members (excludes halogenated alkanes) is 2. The van der Waals surface area contributed by atoms with Gasteiger partial charge in [-0.25, -0.2) is 0 Å². The van der Waals surface area contributed by atoms with E-state index in [9.17, 15) is 9.59 Å². The Morgan fingerprint density at radius 1 is 1.09 bits per heavy atom. The summed E-state index contributed by atoms with van der Waals surface area (Å²) in [5.74, 6) is -0.570. The first-order chi connectivity index (χ1) is 16.3. The molecule has 0 saturated carbocycles. The summed E-state index contributed by atoms with van der Waals surface area (Å²) in [5, 5.41) is 31.2. The Labute approximate surface area is 203 Å². The van der Waals surface area contributed by atoms with Crippen LogP contribution in [0.4, 0.5) is 0 Å². The normalized spacial score (nSPS) is 11.6. The van der Waals surface area contributed by atoms with Crippen LogP contribution in [0.25, 0.3) is 0 Å². The zero-order chi connectivity index (χ0) is 25.3. The molecule has 0 heterocycles. The molecule has 5 N–H and O–H groups in total. The van der Waals surface area contributed by atoms with Crippen molar-refractivity contribution in [2.45, 2.75) is 64.7 Å². The van der Waals surface area contributed by atoms with Gasteiger partial charge < -0.3 is 16.0 Å². The summed E-state index contributed by atoms with van der Waals surface area (Å²) >= 11 is 0. The minimum atomic E-state index is -0.653. The molecule has 0 aliphatic heterocycles. The third kappa shape index (κ3) is 12.1. The van der Waals surface area contributed by atoms with Gasteiger partial charge >= 0.3 is 0 Å². The molecule has 2 radical (unpaired) electrons. The van der Waals surface area contributed by atoms with Crippen molar-refractivity contribution in [1.29, 1.82) is 10.8 Å². The fourth-order valence-corrected chi connectivity index (χ4v) is 2.98. The molecule has 182 valence electrons. The van der Waals surface area contributed by atoms with Gasteiger partial charge in [0, 0.05) is 17.8 Å². The molecule has 2 amide bonds. The SMILES string of the molecule is [B]CCCCC(NC(=O)Cc1ccc(C(=N)N=NC(C)=N)cc1)C(=O)NCC(=C)NCCCC. The van der Waals surface area contributed by atoms with E-state index >= 15 is 0 Å². The van der Waals surface area contributed by atoms with Crippen molar-refractivity contribution in [3.63, 3.8) is 0 Å². The molecule has 1 atom stereocenters. The predicted molar refractivity (Wildman–Crippen MR) is 137 cm³/mol. The average molecular weight is 465 g/mol. The number of hydrogen-bond donors (Lipinski definition) is 5. The summed E-state index contributed by atoms with van der Waals surface area (Å²) in [6.07, 6.45) is 4.72. The highest BCUT2D eigenvalue weighted by Gasteiger charge is 2.20. The third-order valence-electron chi connectivity index (χ3n) is 4.87. The largest absolute Gasteiger partial charge is 0.387 e. The lowest BCUT2D eigenvalue weighted by Gasteiger charge is -2.19. The fourth-order valence-electron chi connectivity index (χ4n) is 2.98. The fraction of sp³-hybridized carbons (Fsp3) is 0.500. The van der Waals surface area contributed by atoms with Crippen molar-refractivity contribution in [3.05, 3.63) is 47.7 Å². The van der Waals surface area contributed by atoms with Crippen LogP contribution in [0.5, 0.6) is 0 Å². The van der Waals surface area contributed by atoms with Crippen LogP contribution >= 0.6 is 0 Å². The van der Waals surface area contributed by atoms with E-state index < -0.39 is 6.04 Å². The minimum Gasteiger partial charge on any atom is -0.387 e. The number of benzene rings is 1. The van der Waals surface area contributed by atoms with Gasteiger partial charge in [-0.05, 0) is 25.3 Å². The maximum Gasteiger partial charge on any atom is 0.242 e. The van der Waals surface area contributed by atoms with E-state index in [0.29, 0.717) is 24.8 Å². The Bertz CT molecular complexity index is 869. The predicted octanol–water partition coefficient (Wildman–Crippen LogP) is 3.27. The Morgan fingerprint density at radius 2 is 1.79 bits per heavy atom. The van der Waals surface area contributed by atoms with Crippen molar-refractivity contribution in [2.24, 2.45) is 10.2 Å². The highest BCUT2D eigenvalue weighted by molar-refractivity contribution is 6.08. The average Bonchev–Trinajstić information content (AvgIpc) is 2.81. The topological polar surface area (TPSA) is 143 Å². The smallest absolute Gasteiger partial charge is 0.242 e. The van der Waals surface area contributed by atoms with E-state index in [0.717, 1.165) is 43.5 Å². The number of carbonyl (C=O) groups excluding carboxylic acids is 2. The van der Waals surface area contributed by atoms with Crippen LogP contribution in [0.1, 0.15) is 57.1 Å². The molecule has 0 saturated heterocycles. The van der Waals surface area contributed by atoms with Gasteiger partial charge in [0.1, 0.15) is 11.9 Å². The monoisotopic (exact) mass is 465 g/mol.